The maximum atomic E-state index is 13.6. The van der Waals surface area contributed by atoms with Gasteiger partial charge in [-0.05, 0) is 54.3 Å². The van der Waals surface area contributed by atoms with Crippen molar-refractivity contribution in [3.05, 3.63) is 111 Å². The van der Waals surface area contributed by atoms with Gasteiger partial charge in [-0.3, -0.25) is 14.5 Å². The molecule has 1 aliphatic heterocycles. The van der Waals surface area contributed by atoms with Gasteiger partial charge in [-0.15, -0.1) is 0 Å². The first-order valence-electron chi connectivity index (χ1n) is 10.7. The van der Waals surface area contributed by atoms with E-state index < -0.39 is 11.2 Å². The van der Waals surface area contributed by atoms with E-state index in [1.54, 1.807) is 12.1 Å². The first-order valence-corrected chi connectivity index (χ1v) is 12.4. The van der Waals surface area contributed by atoms with Gasteiger partial charge in [-0.2, -0.15) is 5.26 Å². The predicted molar refractivity (Wildman–Crippen MR) is 139 cm³/mol. The molecule has 1 N–H and O–H groups in total. The van der Waals surface area contributed by atoms with E-state index in [4.69, 9.17) is 0 Å². The number of nitrogens with one attached hydrogen (secondary N) is 1. The molecule has 170 valence electrons. The fourth-order valence-corrected chi connectivity index (χ4v) is 5.28. The number of nitriles is 1. The molecule has 1 saturated heterocycles. The summed E-state index contributed by atoms with van der Waals surface area (Å²) in [5.41, 5.74) is 3.65. The minimum atomic E-state index is -0.500. The Kier molecular flexibility index (Phi) is 7.51. The minimum absolute atomic E-state index is 0.0653. The van der Waals surface area contributed by atoms with Crippen molar-refractivity contribution in [2.24, 2.45) is 0 Å². The fourth-order valence-electron chi connectivity index (χ4n) is 3.72. The number of halogens is 1. The lowest BCUT2D eigenvalue weighted by atomic mass is 10.0. The second-order valence-corrected chi connectivity index (χ2v) is 9.95. The van der Waals surface area contributed by atoms with E-state index >= 15 is 0 Å². The number of nitrogens with zero attached hydrogens (tertiary/aromatic N) is 2. The lowest BCUT2D eigenvalue weighted by molar-refractivity contribution is -0.117. The summed E-state index contributed by atoms with van der Waals surface area (Å²) >= 11 is 4.69. The summed E-state index contributed by atoms with van der Waals surface area (Å²) in [5.74, 6) is -0.644. The highest BCUT2D eigenvalue weighted by atomic mass is 79.9. The van der Waals surface area contributed by atoms with Crippen LogP contribution in [0.15, 0.2) is 93.9 Å². The smallest absolute Gasteiger partial charge is 0.264 e. The van der Waals surface area contributed by atoms with Gasteiger partial charge in [0.25, 0.3) is 5.91 Å². The maximum absolute atomic E-state index is 13.6. The van der Waals surface area contributed by atoms with Gasteiger partial charge < -0.3 is 5.32 Å². The SMILES string of the molecule is Cc1ccccc1CC1S/C(=C(/C#N)C(=O)NCc2ccccc2)N(c2ccc(Br)cc2)C1=O. The molecule has 3 aromatic rings. The summed E-state index contributed by atoms with van der Waals surface area (Å²) in [6.07, 6.45) is 0.511. The lowest BCUT2D eigenvalue weighted by Gasteiger charge is -2.19. The number of hydrogen-bond acceptors (Lipinski definition) is 4. The number of thioether (sulfide) groups is 1. The molecule has 34 heavy (non-hydrogen) atoms. The van der Waals surface area contributed by atoms with E-state index in [2.05, 4.69) is 27.3 Å². The molecule has 0 radical (unpaired) electrons. The highest BCUT2D eigenvalue weighted by Crippen LogP contribution is 2.42. The zero-order chi connectivity index (χ0) is 24.1. The van der Waals surface area contributed by atoms with Crippen molar-refractivity contribution in [1.82, 2.24) is 5.32 Å². The normalized spacial score (nSPS) is 16.8. The van der Waals surface area contributed by atoms with Gasteiger partial charge in [-0.25, -0.2) is 0 Å². The molecule has 4 rings (SSSR count). The molecule has 1 fully saturated rings. The van der Waals surface area contributed by atoms with Crippen LogP contribution in [0.4, 0.5) is 5.69 Å². The summed E-state index contributed by atoms with van der Waals surface area (Å²) < 4.78 is 0.874. The quantitative estimate of drug-likeness (QED) is 0.336. The Balaban J connectivity index is 1.68. The van der Waals surface area contributed by atoms with Gasteiger partial charge in [0, 0.05) is 16.7 Å². The Hall–Kier alpha value is -3.34. The average Bonchev–Trinajstić information content (AvgIpc) is 3.16. The number of hydrogen-bond donors (Lipinski definition) is 1. The zero-order valence-electron chi connectivity index (χ0n) is 18.5. The Labute approximate surface area is 211 Å². The number of aryl methyl sites for hydroxylation is 1. The van der Waals surface area contributed by atoms with Crippen molar-refractivity contribution in [1.29, 1.82) is 5.26 Å². The lowest BCUT2D eigenvalue weighted by Crippen LogP contribution is -2.32. The van der Waals surface area contributed by atoms with Crippen LogP contribution >= 0.6 is 27.7 Å². The molecule has 1 heterocycles. The molecular formula is C27H22BrN3O2S. The van der Waals surface area contributed by atoms with Crippen LogP contribution in [0.5, 0.6) is 0 Å². The van der Waals surface area contributed by atoms with E-state index in [1.165, 1.54) is 16.7 Å². The van der Waals surface area contributed by atoms with Crippen LogP contribution in [0, 0.1) is 18.3 Å². The summed E-state index contributed by atoms with van der Waals surface area (Å²) in [5, 5.41) is 12.7. The number of benzene rings is 3. The summed E-state index contributed by atoms with van der Waals surface area (Å²) in [6, 6.07) is 26.7. The molecule has 7 heteroatoms. The number of amides is 2. The summed E-state index contributed by atoms with van der Waals surface area (Å²) in [4.78, 5) is 28.1. The monoisotopic (exact) mass is 531 g/mol. The van der Waals surface area contributed by atoms with Gasteiger partial charge >= 0.3 is 0 Å². The van der Waals surface area contributed by atoms with Gasteiger partial charge in [0.05, 0.1) is 5.25 Å². The van der Waals surface area contributed by atoms with Crippen molar-refractivity contribution in [2.45, 2.75) is 25.1 Å². The molecule has 1 atom stereocenters. The van der Waals surface area contributed by atoms with Gasteiger partial charge in [-0.1, -0.05) is 82.3 Å². The molecule has 0 bridgehead atoms. The van der Waals surface area contributed by atoms with Crippen molar-refractivity contribution in [3.63, 3.8) is 0 Å². The van der Waals surface area contributed by atoms with Crippen LogP contribution in [0.1, 0.15) is 16.7 Å². The molecule has 0 aromatic heterocycles. The third kappa shape index (κ3) is 5.24. The predicted octanol–water partition coefficient (Wildman–Crippen LogP) is 5.50. The van der Waals surface area contributed by atoms with Crippen LogP contribution in [0.2, 0.25) is 0 Å². The topological polar surface area (TPSA) is 73.2 Å². The third-order valence-electron chi connectivity index (χ3n) is 5.55. The van der Waals surface area contributed by atoms with Crippen molar-refractivity contribution >= 4 is 45.2 Å². The zero-order valence-corrected chi connectivity index (χ0v) is 20.9. The van der Waals surface area contributed by atoms with Gasteiger partial charge in [0.2, 0.25) is 5.91 Å². The molecule has 1 unspecified atom stereocenters. The van der Waals surface area contributed by atoms with Crippen molar-refractivity contribution in [2.75, 3.05) is 4.90 Å². The van der Waals surface area contributed by atoms with Gasteiger partial charge in [0.15, 0.2) is 0 Å². The largest absolute Gasteiger partial charge is 0.347 e. The van der Waals surface area contributed by atoms with Gasteiger partial charge in [0.1, 0.15) is 16.7 Å². The first-order chi connectivity index (χ1) is 16.5. The molecule has 0 aliphatic carbocycles. The molecule has 2 amide bonds. The van der Waals surface area contributed by atoms with Crippen LogP contribution in [-0.4, -0.2) is 17.1 Å². The minimum Gasteiger partial charge on any atom is -0.347 e. The number of carbonyl (C=O) groups excluding carboxylic acids is 2. The molecule has 0 saturated carbocycles. The number of anilines is 1. The van der Waals surface area contributed by atoms with Crippen LogP contribution in [-0.2, 0) is 22.6 Å². The van der Waals surface area contributed by atoms with Crippen LogP contribution in [0.3, 0.4) is 0 Å². The van der Waals surface area contributed by atoms with Crippen LogP contribution < -0.4 is 10.2 Å². The second-order valence-electron chi connectivity index (χ2n) is 7.85. The standard InChI is InChI=1S/C27H22BrN3O2S/c1-18-7-5-6-10-20(18)15-24-26(33)31(22-13-11-21(28)12-14-22)27(34-24)23(16-29)25(32)30-17-19-8-3-2-4-9-19/h2-14,24H,15,17H2,1H3,(H,30,32)/b27-23-. The van der Waals surface area contributed by atoms with Crippen LogP contribution in [0.25, 0.3) is 0 Å². The Morgan fingerprint density at radius 3 is 2.41 bits per heavy atom. The molecule has 3 aromatic carbocycles. The average molecular weight is 532 g/mol. The van der Waals surface area contributed by atoms with E-state index in [-0.39, 0.29) is 11.5 Å². The Bertz CT molecular complexity index is 1280. The molecule has 5 nitrogen and oxygen atoms in total. The first kappa shape index (κ1) is 23.8. The van der Waals surface area contributed by atoms with E-state index in [9.17, 15) is 14.9 Å². The fraction of sp³-hybridized carbons (Fsp3) is 0.148. The maximum Gasteiger partial charge on any atom is 0.264 e. The number of rotatable bonds is 6. The van der Waals surface area contributed by atoms with E-state index in [0.717, 1.165) is 21.2 Å². The van der Waals surface area contributed by atoms with Crippen molar-refractivity contribution in [3.8, 4) is 6.07 Å². The van der Waals surface area contributed by atoms with E-state index in [0.29, 0.717) is 23.7 Å². The third-order valence-corrected chi connectivity index (χ3v) is 7.34. The molecule has 0 spiro atoms. The van der Waals surface area contributed by atoms with Crippen molar-refractivity contribution < 1.29 is 9.59 Å². The highest BCUT2D eigenvalue weighted by molar-refractivity contribution is 9.10. The van der Waals surface area contributed by atoms with E-state index in [1.807, 2.05) is 73.7 Å². The summed E-state index contributed by atoms with van der Waals surface area (Å²) in [6.45, 7) is 2.31. The Morgan fingerprint density at radius 1 is 1.06 bits per heavy atom. The molecular weight excluding hydrogens is 510 g/mol. The highest BCUT2D eigenvalue weighted by Gasteiger charge is 2.40. The Morgan fingerprint density at radius 2 is 1.74 bits per heavy atom. The number of carbonyl (C=O) groups is 2. The second kappa shape index (κ2) is 10.7. The molecule has 1 aliphatic rings. The summed E-state index contributed by atoms with van der Waals surface area (Å²) in [7, 11) is 0.